The predicted molar refractivity (Wildman–Crippen MR) is 69.4 cm³/mol. The molecule has 1 aliphatic heterocycles. The van der Waals surface area contributed by atoms with Crippen molar-refractivity contribution < 1.29 is 15.0 Å². The maximum Gasteiger partial charge on any atom is 0.228 e. The van der Waals surface area contributed by atoms with Crippen molar-refractivity contribution in [3.8, 4) is 0 Å². The third kappa shape index (κ3) is 2.43. The number of ketones is 1. The Hall–Kier alpha value is -2.49. The number of carbonyl (C=O) groups excluding carboxylic acids is 1. The second kappa shape index (κ2) is 5.23. The van der Waals surface area contributed by atoms with Crippen molar-refractivity contribution in [3.05, 3.63) is 66.3 Å². The number of hydrogen-bond donors (Lipinski definition) is 2. The molecule has 0 saturated carbocycles. The minimum atomic E-state index is -0.649. The molecular formula is C14H13NO3. The molecule has 1 heterocycles. The molecule has 4 heteroatoms. The summed E-state index contributed by atoms with van der Waals surface area (Å²) in [4.78, 5) is 13.6. The lowest BCUT2D eigenvalue weighted by atomic mass is 10.1. The third-order valence-corrected chi connectivity index (χ3v) is 2.64. The monoisotopic (exact) mass is 243 g/mol. The van der Waals surface area contributed by atoms with E-state index < -0.39 is 11.5 Å². The Balaban J connectivity index is 2.17. The summed E-state index contributed by atoms with van der Waals surface area (Å²) in [6.45, 7) is 0.358. The van der Waals surface area contributed by atoms with E-state index in [0.29, 0.717) is 18.4 Å². The fraction of sp³-hybridized carbons (Fsp3) is 0.0714. The minimum absolute atomic E-state index is 0.358. The lowest BCUT2D eigenvalue weighted by Crippen LogP contribution is -2.25. The van der Waals surface area contributed by atoms with E-state index in [0.717, 1.165) is 5.69 Å². The van der Waals surface area contributed by atoms with Gasteiger partial charge in [-0.15, -0.1) is 0 Å². The van der Waals surface area contributed by atoms with Crippen molar-refractivity contribution in [3.63, 3.8) is 0 Å². The van der Waals surface area contributed by atoms with Crippen molar-refractivity contribution in [2.75, 3.05) is 11.4 Å². The topological polar surface area (TPSA) is 60.8 Å². The molecule has 92 valence electrons. The highest BCUT2D eigenvalue weighted by atomic mass is 16.3. The predicted octanol–water partition coefficient (Wildman–Crippen LogP) is 2.47. The Labute approximate surface area is 105 Å². The second-order valence-electron chi connectivity index (χ2n) is 3.84. The molecular weight excluding hydrogens is 230 g/mol. The molecule has 0 aliphatic carbocycles. The number of Topliss-reactive ketones (excluding diaryl/α,β-unsaturated/α-hetero) is 1. The first-order valence-electron chi connectivity index (χ1n) is 5.49. The number of aliphatic hydroxyl groups excluding tert-OH is 2. The highest BCUT2D eigenvalue weighted by Crippen LogP contribution is 2.19. The maximum atomic E-state index is 11.7. The smallest absolute Gasteiger partial charge is 0.228 e. The quantitative estimate of drug-likeness (QED) is 0.632. The van der Waals surface area contributed by atoms with E-state index in [9.17, 15) is 9.90 Å². The van der Waals surface area contributed by atoms with Gasteiger partial charge >= 0.3 is 0 Å². The summed E-state index contributed by atoms with van der Waals surface area (Å²) in [7, 11) is 0. The Morgan fingerprint density at radius 1 is 1.28 bits per heavy atom. The molecule has 1 aliphatic rings. The molecule has 2 rings (SSSR count). The summed E-state index contributed by atoms with van der Waals surface area (Å²) in [5.41, 5.74) is 1.38. The fourth-order valence-electron chi connectivity index (χ4n) is 1.72. The second-order valence-corrected chi connectivity index (χ2v) is 3.84. The Kier molecular flexibility index (Phi) is 3.48. The number of carbonyl (C=O) groups is 1. The molecule has 0 bridgehead atoms. The summed E-state index contributed by atoms with van der Waals surface area (Å²) in [6, 6.07) is 9.60. The van der Waals surface area contributed by atoms with Crippen LogP contribution >= 0.6 is 0 Å². The van der Waals surface area contributed by atoms with Gasteiger partial charge in [0.15, 0.2) is 5.76 Å². The number of aliphatic hydroxyl groups is 2. The number of rotatable bonds is 3. The zero-order valence-electron chi connectivity index (χ0n) is 9.65. The standard InChI is InChI=1S/C14H13NO3/c16-10-13(17)14(18)11-5-4-8-15(9-11)12-6-2-1-3-7-12/h1-8,10,16-17H,9H2. The van der Waals surface area contributed by atoms with Crippen LogP contribution in [0, 0.1) is 0 Å². The van der Waals surface area contributed by atoms with Crippen LogP contribution in [0.2, 0.25) is 0 Å². The van der Waals surface area contributed by atoms with Gasteiger partial charge < -0.3 is 15.1 Å². The lowest BCUT2D eigenvalue weighted by molar-refractivity contribution is -0.114. The van der Waals surface area contributed by atoms with E-state index in [1.165, 1.54) is 0 Å². The molecule has 1 aromatic carbocycles. The van der Waals surface area contributed by atoms with Crippen LogP contribution in [0.1, 0.15) is 0 Å². The molecule has 0 atom stereocenters. The van der Waals surface area contributed by atoms with Gasteiger partial charge in [-0.3, -0.25) is 4.79 Å². The Morgan fingerprint density at radius 2 is 2.00 bits per heavy atom. The average Bonchev–Trinajstić information content (AvgIpc) is 2.46. The summed E-state index contributed by atoms with van der Waals surface area (Å²) in [5, 5.41) is 17.8. The molecule has 0 unspecified atom stereocenters. The Morgan fingerprint density at radius 3 is 2.67 bits per heavy atom. The maximum absolute atomic E-state index is 11.7. The van der Waals surface area contributed by atoms with Crippen LogP contribution in [0.3, 0.4) is 0 Å². The first kappa shape index (κ1) is 12.0. The van der Waals surface area contributed by atoms with Crippen LogP contribution in [-0.4, -0.2) is 22.5 Å². The van der Waals surface area contributed by atoms with Crippen LogP contribution in [-0.2, 0) is 4.79 Å². The Bertz CT molecular complexity index is 529. The number of benzene rings is 1. The highest BCUT2D eigenvalue weighted by molar-refractivity contribution is 6.07. The number of hydrogen-bond acceptors (Lipinski definition) is 4. The summed E-state index contributed by atoms with van der Waals surface area (Å²) in [5.74, 6) is -1.22. The van der Waals surface area contributed by atoms with Gasteiger partial charge in [0.05, 0.1) is 6.54 Å². The van der Waals surface area contributed by atoms with Gasteiger partial charge in [0.1, 0.15) is 6.26 Å². The van der Waals surface area contributed by atoms with Crippen LogP contribution in [0.15, 0.2) is 66.3 Å². The van der Waals surface area contributed by atoms with Crippen LogP contribution in [0.25, 0.3) is 0 Å². The first-order valence-corrected chi connectivity index (χ1v) is 5.49. The van der Waals surface area contributed by atoms with Crippen molar-refractivity contribution >= 4 is 11.5 Å². The molecule has 18 heavy (non-hydrogen) atoms. The number of anilines is 1. The molecule has 0 fully saturated rings. The van der Waals surface area contributed by atoms with Crippen molar-refractivity contribution in [2.24, 2.45) is 0 Å². The van der Waals surface area contributed by atoms with E-state index in [-0.39, 0.29) is 0 Å². The molecule has 0 spiro atoms. The minimum Gasteiger partial charge on any atom is -0.512 e. The zero-order chi connectivity index (χ0) is 13.0. The lowest BCUT2D eigenvalue weighted by Gasteiger charge is -2.23. The van der Waals surface area contributed by atoms with E-state index >= 15 is 0 Å². The largest absolute Gasteiger partial charge is 0.512 e. The summed E-state index contributed by atoms with van der Waals surface area (Å²) < 4.78 is 0. The molecule has 2 N–H and O–H groups in total. The summed E-state index contributed by atoms with van der Waals surface area (Å²) >= 11 is 0. The van der Waals surface area contributed by atoms with Gasteiger partial charge in [0, 0.05) is 17.5 Å². The summed E-state index contributed by atoms with van der Waals surface area (Å²) in [6.07, 6.45) is 5.62. The third-order valence-electron chi connectivity index (χ3n) is 2.64. The zero-order valence-corrected chi connectivity index (χ0v) is 9.65. The van der Waals surface area contributed by atoms with E-state index in [4.69, 9.17) is 5.11 Å². The normalized spacial score (nSPS) is 15.4. The average molecular weight is 243 g/mol. The molecule has 0 amide bonds. The van der Waals surface area contributed by atoms with Gasteiger partial charge in [-0.05, 0) is 18.2 Å². The molecule has 0 aromatic heterocycles. The van der Waals surface area contributed by atoms with Crippen molar-refractivity contribution in [1.82, 2.24) is 0 Å². The van der Waals surface area contributed by atoms with Crippen molar-refractivity contribution in [2.45, 2.75) is 0 Å². The van der Waals surface area contributed by atoms with Gasteiger partial charge in [0.25, 0.3) is 0 Å². The van der Waals surface area contributed by atoms with Crippen molar-refractivity contribution in [1.29, 1.82) is 0 Å². The van der Waals surface area contributed by atoms with Crippen LogP contribution in [0.4, 0.5) is 5.69 Å². The molecule has 4 nitrogen and oxygen atoms in total. The van der Waals surface area contributed by atoms with E-state index in [1.807, 2.05) is 41.4 Å². The molecule has 0 saturated heterocycles. The van der Waals surface area contributed by atoms with Gasteiger partial charge in [-0.1, -0.05) is 24.3 Å². The van der Waals surface area contributed by atoms with Gasteiger partial charge in [-0.2, -0.15) is 0 Å². The highest BCUT2D eigenvalue weighted by Gasteiger charge is 2.18. The van der Waals surface area contributed by atoms with Gasteiger partial charge in [0.2, 0.25) is 5.78 Å². The SMILES string of the molecule is O=C(C(O)=CO)C1=CC=CN(c2ccccc2)C1. The first-order chi connectivity index (χ1) is 8.72. The van der Waals surface area contributed by atoms with Crippen LogP contribution in [0.5, 0.6) is 0 Å². The van der Waals surface area contributed by atoms with E-state index in [1.54, 1.807) is 12.2 Å². The molecule has 1 aromatic rings. The van der Waals surface area contributed by atoms with E-state index in [2.05, 4.69) is 0 Å². The number of para-hydroxylation sites is 1. The molecule has 0 radical (unpaired) electrons. The van der Waals surface area contributed by atoms with Gasteiger partial charge in [-0.25, -0.2) is 0 Å². The fourth-order valence-corrected chi connectivity index (χ4v) is 1.72. The van der Waals surface area contributed by atoms with Crippen LogP contribution < -0.4 is 4.90 Å². The number of nitrogens with zero attached hydrogens (tertiary/aromatic N) is 1. The number of allylic oxidation sites excluding steroid dienone is 3.